The number of hydrogen-bond donors (Lipinski definition) is 0. The van der Waals surface area contributed by atoms with Crippen molar-refractivity contribution < 1.29 is 14.3 Å². The van der Waals surface area contributed by atoms with E-state index in [2.05, 4.69) is 0 Å². The smallest absolute Gasteiger partial charge is 0.154 e. The van der Waals surface area contributed by atoms with E-state index in [0.29, 0.717) is 0 Å². The van der Waals surface area contributed by atoms with E-state index in [-0.39, 0.29) is 12.3 Å². The van der Waals surface area contributed by atoms with E-state index in [0.717, 1.165) is 25.9 Å². The third-order valence-electron chi connectivity index (χ3n) is 2.04. The molecule has 1 unspecified atom stereocenters. The Hall–Kier alpha value is -0.450. The average molecular weight is 233 g/mol. The molecule has 0 spiro atoms. The molecule has 98 valence electrons. The zero-order valence-electron chi connectivity index (χ0n) is 11.5. The van der Waals surface area contributed by atoms with E-state index >= 15 is 0 Å². The van der Waals surface area contributed by atoms with Gasteiger partial charge in [-0.05, 0) is 41.3 Å². The van der Waals surface area contributed by atoms with Gasteiger partial charge >= 0.3 is 0 Å². The van der Waals surface area contributed by atoms with Gasteiger partial charge in [0.05, 0.1) is 6.04 Å². The van der Waals surface area contributed by atoms with Gasteiger partial charge in [0, 0.05) is 13.2 Å². The fraction of sp³-hybridized carbons (Fsp3) is 0.917. The molecule has 1 atom stereocenters. The van der Waals surface area contributed by atoms with Gasteiger partial charge in [0.25, 0.3) is 0 Å². The van der Waals surface area contributed by atoms with Crippen LogP contribution in [0.4, 0.5) is 0 Å². The minimum absolute atomic E-state index is 0.0370. The van der Waals surface area contributed by atoms with E-state index in [1.807, 2.05) is 46.7 Å². The third-order valence-corrected chi connectivity index (χ3v) is 2.04. The molecule has 0 N–H and O–H groups in total. The molecule has 0 rings (SSSR count). The Morgan fingerprint density at radius 1 is 1.12 bits per heavy atom. The normalized spacial score (nSPS) is 12.2. The van der Waals surface area contributed by atoms with Gasteiger partial charge in [0.1, 0.15) is 6.29 Å². The molecule has 0 saturated heterocycles. The molecule has 0 aliphatic carbocycles. The maximum atomic E-state index is 10.1. The molecule has 0 aliphatic rings. The van der Waals surface area contributed by atoms with Crippen molar-refractivity contribution in [3.63, 3.8) is 0 Å². The molecule has 4 nitrogen and oxygen atoms in total. The molecular formula is C12H27NO3. The van der Waals surface area contributed by atoms with Crippen molar-refractivity contribution >= 4 is 6.29 Å². The van der Waals surface area contributed by atoms with Crippen LogP contribution in [-0.2, 0) is 14.3 Å². The zero-order chi connectivity index (χ0) is 13.0. The second-order valence-corrected chi connectivity index (χ2v) is 3.55. The number of carbonyl (C=O) groups excluding carboxylic acids is 1. The highest BCUT2D eigenvalue weighted by Gasteiger charge is 2.03. The molecule has 0 radical (unpaired) electrons. The van der Waals surface area contributed by atoms with Crippen LogP contribution in [0.3, 0.4) is 0 Å². The zero-order valence-corrected chi connectivity index (χ0v) is 11.5. The summed E-state index contributed by atoms with van der Waals surface area (Å²) in [5, 5.41) is 0. The molecule has 4 heteroatoms. The Morgan fingerprint density at radius 2 is 1.56 bits per heavy atom. The molecule has 0 aliphatic heterocycles. The van der Waals surface area contributed by atoms with Crippen LogP contribution in [0, 0.1) is 0 Å². The van der Waals surface area contributed by atoms with Gasteiger partial charge in [-0.3, -0.25) is 0 Å². The van der Waals surface area contributed by atoms with E-state index in [9.17, 15) is 4.79 Å². The summed E-state index contributed by atoms with van der Waals surface area (Å²) in [4.78, 5) is 12.0. The second-order valence-electron chi connectivity index (χ2n) is 3.55. The molecular weight excluding hydrogens is 206 g/mol. The SMILES string of the molecule is CCC(C=O)N(C)C.CCOC(C)OCC. The van der Waals surface area contributed by atoms with Crippen LogP contribution < -0.4 is 0 Å². The van der Waals surface area contributed by atoms with Gasteiger partial charge in [-0.25, -0.2) is 0 Å². The molecule has 0 saturated carbocycles. The first-order valence-electron chi connectivity index (χ1n) is 5.88. The number of aldehydes is 1. The molecule has 16 heavy (non-hydrogen) atoms. The number of rotatable bonds is 7. The topological polar surface area (TPSA) is 38.8 Å². The van der Waals surface area contributed by atoms with Gasteiger partial charge in [-0.2, -0.15) is 0 Å². The van der Waals surface area contributed by atoms with E-state index in [4.69, 9.17) is 9.47 Å². The number of hydrogen-bond acceptors (Lipinski definition) is 4. The molecule has 0 aromatic rings. The standard InChI is InChI=1S/C6H13NO.C6H14O2/c1-4-6(5-8)7(2)3;1-4-7-6(3)8-5-2/h5-6H,4H2,1-3H3;6H,4-5H2,1-3H3. The van der Waals surface area contributed by atoms with Crippen molar-refractivity contribution in [3.8, 4) is 0 Å². The Kier molecular flexibility index (Phi) is 14.1. The highest BCUT2D eigenvalue weighted by Crippen LogP contribution is 1.92. The summed E-state index contributed by atoms with van der Waals surface area (Å²) >= 11 is 0. The van der Waals surface area contributed by atoms with E-state index < -0.39 is 0 Å². The summed E-state index contributed by atoms with van der Waals surface area (Å²) in [6.07, 6.45) is 1.83. The van der Waals surface area contributed by atoms with Crippen molar-refractivity contribution in [2.75, 3.05) is 27.3 Å². The first kappa shape index (κ1) is 17.9. The van der Waals surface area contributed by atoms with Crippen LogP contribution in [0.25, 0.3) is 0 Å². The molecule has 0 amide bonds. The van der Waals surface area contributed by atoms with Crippen molar-refractivity contribution in [2.24, 2.45) is 0 Å². The molecule has 0 aromatic heterocycles. The third kappa shape index (κ3) is 11.6. The maximum absolute atomic E-state index is 10.1. The fourth-order valence-corrected chi connectivity index (χ4v) is 1.10. The summed E-state index contributed by atoms with van der Waals surface area (Å²) < 4.78 is 10.1. The minimum atomic E-state index is -0.0370. The highest BCUT2D eigenvalue weighted by molar-refractivity contribution is 5.57. The highest BCUT2D eigenvalue weighted by atomic mass is 16.7. The Balaban J connectivity index is 0. The number of likely N-dealkylation sites (N-methyl/N-ethyl adjacent to an activating group) is 1. The summed E-state index contributed by atoms with van der Waals surface area (Å²) in [6, 6.07) is 0.106. The monoisotopic (exact) mass is 233 g/mol. The minimum Gasteiger partial charge on any atom is -0.353 e. The van der Waals surface area contributed by atoms with E-state index in [1.54, 1.807) is 0 Å². The van der Waals surface area contributed by atoms with Gasteiger partial charge in [-0.15, -0.1) is 0 Å². The first-order chi connectivity index (χ1) is 7.53. The van der Waals surface area contributed by atoms with Crippen LogP contribution in [0.5, 0.6) is 0 Å². The van der Waals surface area contributed by atoms with Crippen LogP contribution in [0.15, 0.2) is 0 Å². The van der Waals surface area contributed by atoms with Crippen molar-refractivity contribution in [1.29, 1.82) is 0 Å². The van der Waals surface area contributed by atoms with Gasteiger partial charge in [0.15, 0.2) is 6.29 Å². The lowest BCUT2D eigenvalue weighted by molar-refractivity contribution is -0.123. The maximum Gasteiger partial charge on any atom is 0.154 e. The quantitative estimate of drug-likeness (QED) is 0.497. The van der Waals surface area contributed by atoms with Crippen molar-refractivity contribution in [3.05, 3.63) is 0 Å². The summed E-state index contributed by atoms with van der Waals surface area (Å²) in [5.41, 5.74) is 0. The lowest BCUT2D eigenvalue weighted by atomic mass is 10.2. The lowest BCUT2D eigenvalue weighted by Crippen LogP contribution is -2.28. The predicted octanol–water partition coefficient (Wildman–Crippen LogP) is 1.93. The lowest BCUT2D eigenvalue weighted by Gasteiger charge is -2.14. The van der Waals surface area contributed by atoms with Crippen LogP contribution in [-0.4, -0.2) is 50.8 Å². The largest absolute Gasteiger partial charge is 0.353 e. The van der Waals surface area contributed by atoms with Gasteiger partial charge < -0.3 is 19.2 Å². The molecule has 0 fully saturated rings. The number of carbonyl (C=O) groups is 1. The second kappa shape index (κ2) is 12.6. The summed E-state index contributed by atoms with van der Waals surface area (Å²) in [7, 11) is 3.81. The average Bonchev–Trinajstić information content (AvgIpc) is 2.20. The van der Waals surface area contributed by atoms with Crippen molar-refractivity contribution in [2.45, 2.75) is 46.4 Å². The van der Waals surface area contributed by atoms with Crippen LogP contribution >= 0.6 is 0 Å². The van der Waals surface area contributed by atoms with E-state index in [1.165, 1.54) is 0 Å². The van der Waals surface area contributed by atoms with Gasteiger partial charge in [0.2, 0.25) is 0 Å². The van der Waals surface area contributed by atoms with Crippen molar-refractivity contribution in [1.82, 2.24) is 4.90 Å². The Morgan fingerprint density at radius 3 is 1.69 bits per heavy atom. The Labute approximate surface area is 99.9 Å². The predicted molar refractivity (Wildman–Crippen MR) is 66.5 cm³/mol. The summed E-state index contributed by atoms with van der Waals surface area (Å²) in [5.74, 6) is 0. The number of ether oxygens (including phenoxy) is 2. The van der Waals surface area contributed by atoms with Crippen LogP contribution in [0.1, 0.15) is 34.1 Å². The van der Waals surface area contributed by atoms with Gasteiger partial charge in [-0.1, -0.05) is 6.92 Å². The Bertz CT molecular complexity index is 145. The molecule has 0 bridgehead atoms. The molecule has 0 aromatic carbocycles. The summed E-state index contributed by atoms with van der Waals surface area (Å²) in [6.45, 7) is 9.25. The number of nitrogens with zero attached hydrogens (tertiary/aromatic N) is 1. The molecule has 0 heterocycles. The van der Waals surface area contributed by atoms with Crippen LogP contribution in [0.2, 0.25) is 0 Å². The fourth-order valence-electron chi connectivity index (χ4n) is 1.10. The first-order valence-corrected chi connectivity index (χ1v) is 5.88.